The number of hydrogen-bond donors (Lipinski definition) is 1. The Labute approximate surface area is 115 Å². The highest BCUT2D eigenvalue weighted by molar-refractivity contribution is 7.99. The van der Waals surface area contributed by atoms with Gasteiger partial charge >= 0.3 is 0 Å². The maximum absolute atomic E-state index is 13.5. The Balaban J connectivity index is 2.00. The number of halogens is 2. The standard InChI is InChI=1S/C14H13ClFNS/c15-10-4-3-5-11(8-10)18-9-14(17)12-6-1-2-7-13(12)16/h1-8,14H,9,17H2. The molecule has 0 aliphatic rings. The molecular formula is C14H13ClFNS. The second-order valence-corrected chi connectivity index (χ2v) is 5.43. The van der Waals surface area contributed by atoms with Gasteiger partial charge < -0.3 is 5.73 Å². The Morgan fingerprint density at radius 2 is 1.94 bits per heavy atom. The molecule has 0 amide bonds. The van der Waals surface area contributed by atoms with E-state index in [-0.39, 0.29) is 11.9 Å². The molecular weight excluding hydrogens is 269 g/mol. The molecule has 0 aliphatic carbocycles. The number of nitrogens with two attached hydrogens (primary N) is 1. The highest BCUT2D eigenvalue weighted by Gasteiger charge is 2.11. The first kappa shape index (κ1) is 13.4. The molecule has 2 rings (SSSR count). The van der Waals surface area contributed by atoms with E-state index in [9.17, 15) is 4.39 Å². The summed E-state index contributed by atoms with van der Waals surface area (Å²) in [6.45, 7) is 0. The quantitative estimate of drug-likeness (QED) is 0.847. The summed E-state index contributed by atoms with van der Waals surface area (Å²) in [7, 11) is 0. The third-order valence-electron chi connectivity index (χ3n) is 2.53. The minimum atomic E-state index is -0.324. The van der Waals surface area contributed by atoms with Crippen molar-refractivity contribution in [2.45, 2.75) is 10.9 Å². The molecule has 0 radical (unpaired) electrons. The van der Waals surface area contributed by atoms with Gasteiger partial charge in [0.25, 0.3) is 0 Å². The van der Waals surface area contributed by atoms with Gasteiger partial charge in [-0.15, -0.1) is 11.8 Å². The normalized spacial score (nSPS) is 12.4. The summed E-state index contributed by atoms with van der Waals surface area (Å²) in [5.41, 5.74) is 6.54. The van der Waals surface area contributed by atoms with Gasteiger partial charge in [-0.25, -0.2) is 4.39 Å². The Bertz CT molecular complexity index is 533. The SMILES string of the molecule is NC(CSc1cccc(Cl)c1)c1ccccc1F. The zero-order chi connectivity index (χ0) is 13.0. The van der Waals surface area contributed by atoms with Crippen LogP contribution < -0.4 is 5.73 Å². The second kappa shape index (κ2) is 6.23. The Morgan fingerprint density at radius 3 is 2.67 bits per heavy atom. The molecule has 2 aromatic carbocycles. The Morgan fingerprint density at radius 1 is 1.17 bits per heavy atom. The number of thioether (sulfide) groups is 1. The van der Waals surface area contributed by atoms with Crippen molar-refractivity contribution in [2.75, 3.05) is 5.75 Å². The van der Waals surface area contributed by atoms with Crippen molar-refractivity contribution in [3.63, 3.8) is 0 Å². The first-order valence-corrected chi connectivity index (χ1v) is 6.91. The van der Waals surface area contributed by atoms with Crippen LogP contribution in [0, 0.1) is 5.82 Å². The summed E-state index contributed by atoms with van der Waals surface area (Å²) in [5.74, 6) is 0.359. The molecule has 0 aliphatic heterocycles. The lowest BCUT2D eigenvalue weighted by atomic mass is 10.1. The summed E-state index contributed by atoms with van der Waals surface area (Å²) in [4.78, 5) is 1.04. The molecule has 2 N–H and O–H groups in total. The predicted octanol–water partition coefficient (Wildman–Crippen LogP) is 4.27. The lowest BCUT2D eigenvalue weighted by Crippen LogP contribution is -2.14. The van der Waals surface area contributed by atoms with E-state index < -0.39 is 0 Å². The van der Waals surface area contributed by atoms with Gasteiger partial charge in [0.1, 0.15) is 5.82 Å². The van der Waals surface area contributed by atoms with Crippen LogP contribution >= 0.6 is 23.4 Å². The monoisotopic (exact) mass is 281 g/mol. The van der Waals surface area contributed by atoms with E-state index in [2.05, 4.69) is 0 Å². The fraction of sp³-hybridized carbons (Fsp3) is 0.143. The smallest absolute Gasteiger partial charge is 0.128 e. The van der Waals surface area contributed by atoms with Gasteiger partial charge in [0.15, 0.2) is 0 Å². The van der Waals surface area contributed by atoms with E-state index in [0.717, 1.165) is 4.90 Å². The average Bonchev–Trinajstić information content (AvgIpc) is 2.37. The number of rotatable bonds is 4. The van der Waals surface area contributed by atoms with Gasteiger partial charge in [-0.05, 0) is 24.3 Å². The predicted molar refractivity (Wildman–Crippen MR) is 75.5 cm³/mol. The molecule has 0 heterocycles. The Hall–Kier alpha value is -1.03. The molecule has 4 heteroatoms. The second-order valence-electron chi connectivity index (χ2n) is 3.90. The largest absolute Gasteiger partial charge is 0.323 e. The van der Waals surface area contributed by atoms with Crippen LogP contribution in [0.15, 0.2) is 53.4 Å². The molecule has 0 aromatic heterocycles. The van der Waals surface area contributed by atoms with Crippen molar-refractivity contribution in [3.8, 4) is 0 Å². The fourth-order valence-electron chi connectivity index (χ4n) is 1.61. The minimum absolute atomic E-state index is 0.253. The summed E-state index contributed by atoms with van der Waals surface area (Å²) in [6, 6.07) is 13.8. The van der Waals surface area contributed by atoms with Crippen LogP contribution in [0.3, 0.4) is 0 Å². The highest BCUT2D eigenvalue weighted by atomic mass is 35.5. The van der Waals surface area contributed by atoms with Gasteiger partial charge in [-0.3, -0.25) is 0 Å². The molecule has 1 unspecified atom stereocenters. The third kappa shape index (κ3) is 3.48. The maximum Gasteiger partial charge on any atom is 0.128 e. The molecule has 0 saturated heterocycles. The Kier molecular flexibility index (Phi) is 4.64. The van der Waals surface area contributed by atoms with Crippen LogP contribution in [0.4, 0.5) is 4.39 Å². The lowest BCUT2D eigenvalue weighted by Gasteiger charge is -2.12. The van der Waals surface area contributed by atoms with Crippen molar-refractivity contribution in [2.24, 2.45) is 5.73 Å². The van der Waals surface area contributed by atoms with E-state index in [1.807, 2.05) is 24.3 Å². The molecule has 0 saturated carbocycles. The molecule has 1 nitrogen and oxygen atoms in total. The van der Waals surface area contributed by atoms with Gasteiger partial charge in [0.2, 0.25) is 0 Å². The molecule has 18 heavy (non-hydrogen) atoms. The van der Waals surface area contributed by atoms with Crippen molar-refractivity contribution < 1.29 is 4.39 Å². The molecule has 0 fully saturated rings. The van der Waals surface area contributed by atoms with Crippen LogP contribution in [0.1, 0.15) is 11.6 Å². The zero-order valence-electron chi connectivity index (χ0n) is 9.64. The molecule has 2 aromatic rings. The molecule has 0 bridgehead atoms. The van der Waals surface area contributed by atoms with Crippen LogP contribution in [0.25, 0.3) is 0 Å². The van der Waals surface area contributed by atoms with E-state index in [0.29, 0.717) is 16.3 Å². The molecule has 0 spiro atoms. The highest BCUT2D eigenvalue weighted by Crippen LogP contribution is 2.26. The van der Waals surface area contributed by atoms with Crippen LogP contribution in [0.2, 0.25) is 5.02 Å². The van der Waals surface area contributed by atoms with Crippen molar-refractivity contribution >= 4 is 23.4 Å². The summed E-state index contributed by atoms with van der Waals surface area (Å²) >= 11 is 7.47. The van der Waals surface area contributed by atoms with Crippen LogP contribution in [-0.4, -0.2) is 5.75 Å². The molecule has 1 atom stereocenters. The number of hydrogen-bond acceptors (Lipinski definition) is 2. The lowest BCUT2D eigenvalue weighted by molar-refractivity contribution is 0.595. The summed E-state index contributed by atoms with van der Waals surface area (Å²) < 4.78 is 13.5. The summed E-state index contributed by atoms with van der Waals surface area (Å²) in [6.07, 6.45) is 0. The fourth-order valence-corrected chi connectivity index (χ4v) is 2.80. The summed E-state index contributed by atoms with van der Waals surface area (Å²) in [5, 5.41) is 0.694. The van der Waals surface area contributed by atoms with Crippen molar-refractivity contribution in [1.82, 2.24) is 0 Å². The van der Waals surface area contributed by atoms with Crippen molar-refractivity contribution in [1.29, 1.82) is 0 Å². The van der Waals surface area contributed by atoms with Crippen molar-refractivity contribution in [3.05, 3.63) is 64.9 Å². The minimum Gasteiger partial charge on any atom is -0.323 e. The zero-order valence-corrected chi connectivity index (χ0v) is 11.2. The van der Waals surface area contributed by atoms with Crippen LogP contribution in [-0.2, 0) is 0 Å². The first-order valence-electron chi connectivity index (χ1n) is 5.55. The van der Waals surface area contributed by atoms with E-state index >= 15 is 0 Å². The first-order chi connectivity index (χ1) is 8.66. The van der Waals surface area contributed by atoms with E-state index in [1.54, 1.807) is 30.0 Å². The van der Waals surface area contributed by atoms with Gasteiger partial charge in [-0.1, -0.05) is 35.9 Å². The van der Waals surface area contributed by atoms with Gasteiger partial charge in [0, 0.05) is 27.3 Å². The maximum atomic E-state index is 13.5. The van der Waals surface area contributed by atoms with E-state index in [4.69, 9.17) is 17.3 Å². The van der Waals surface area contributed by atoms with Gasteiger partial charge in [-0.2, -0.15) is 0 Å². The van der Waals surface area contributed by atoms with Crippen LogP contribution in [0.5, 0.6) is 0 Å². The molecule has 94 valence electrons. The number of benzene rings is 2. The average molecular weight is 282 g/mol. The van der Waals surface area contributed by atoms with Gasteiger partial charge in [0.05, 0.1) is 0 Å². The third-order valence-corrected chi connectivity index (χ3v) is 3.88. The topological polar surface area (TPSA) is 26.0 Å². The van der Waals surface area contributed by atoms with E-state index in [1.165, 1.54) is 6.07 Å².